The number of thioether (sulfide) groups is 1. The van der Waals surface area contributed by atoms with Crippen LogP contribution < -0.4 is 0 Å². The third kappa shape index (κ3) is 3.83. The van der Waals surface area contributed by atoms with E-state index in [0.717, 1.165) is 41.5 Å². The van der Waals surface area contributed by atoms with E-state index in [1.54, 1.807) is 11.8 Å². The molecule has 5 heteroatoms. The molecular weight excluding hydrogens is 354 g/mol. The van der Waals surface area contributed by atoms with Gasteiger partial charge in [-0.05, 0) is 44.9 Å². The molecule has 0 bridgehead atoms. The number of nitrogens with zero attached hydrogens (tertiary/aromatic N) is 3. The van der Waals surface area contributed by atoms with Crippen LogP contribution in [0.4, 0.5) is 0 Å². The summed E-state index contributed by atoms with van der Waals surface area (Å²) in [6.45, 7) is 4.15. The van der Waals surface area contributed by atoms with Crippen LogP contribution in [0.3, 0.4) is 0 Å². The molecule has 0 amide bonds. The first-order valence-electron chi connectivity index (χ1n) is 9.41. The molecule has 1 fully saturated rings. The summed E-state index contributed by atoms with van der Waals surface area (Å²) in [4.78, 5) is 12.3. The molecule has 138 valence electrons. The van der Waals surface area contributed by atoms with Gasteiger partial charge in [0.05, 0.1) is 5.25 Å². The smallest absolute Gasteiger partial charge is 0.196 e. The largest absolute Gasteiger partial charge is 0.298 e. The van der Waals surface area contributed by atoms with Crippen molar-refractivity contribution in [3.8, 4) is 17.1 Å². The van der Waals surface area contributed by atoms with E-state index >= 15 is 0 Å². The van der Waals surface area contributed by atoms with Crippen molar-refractivity contribution in [2.45, 2.75) is 49.9 Å². The van der Waals surface area contributed by atoms with Crippen LogP contribution in [-0.4, -0.2) is 25.8 Å². The molecule has 0 spiro atoms. The molecule has 1 unspecified atom stereocenters. The molecule has 1 saturated carbocycles. The van der Waals surface area contributed by atoms with Crippen LogP contribution >= 0.6 is 11.8 Å². The van der Waals surface area contributed by atoms with Gasteiger partial charge >= 0.3 is 0 Å². The maximum Gasteiger partial charge on any atom is 0.196 e. The lowest BCUT2D eigenvalue weighted by Crippen LogP contribution is -2.21. The number of hydrogen-bond donors (Lipinski definition) is 0. The average Bonchev–Trinajstić information content (AvgIpc) is 3.08. The number of hydrogen-bond acceptors (Lipinski definition) is 4. The summed E-state index contributed by atoms with van der Waals surface area (Å²) in [5, 5.41) is 9.74. The molecule has 1 aliphatic rings. The minimum atomic E-state index is -0.0162. The Morgan fingerprint density at radius 3 is 2.56 bits per heavy atom. The van der Waals surface area contributed by atoms with Gasteiger partial charge < -0.3 is 0 Å². The third-order valence-electron chi connectivity index (χ3n) is 4.95. The van der Waals surface area contributed by atoms with Crippen LogP contribution in [0.15, 0.2) is 53.7 Å². The molecule has 2 aromatic carbocycles. The summed E-state index contributed by atoms with van der Waals surface area (Å²) in [7, 11) is 0. The first-order valence-corrected chi connectivity index (χ1v) is 10.3. The molecule has 1 aromatic heterocycles. The van der Waals surface area contributed by atoms with Crippen molar-refractivity contribution in [3.63, 3.8) is 0 Å². The van der Waals surface area contributed by atoms with Gasteiger partial charge in [-0.3, -0.25) is 9.36 Å². The highest BCUT2D eigenvalue weighted by molar-refractivity contribution is 8.00. The monoisotopic (exact) mass is 377 g/mol. The number of benzene rings is 2. The fourth-order valence-electron chi connectivity index (χ4n) is 3.45. The van der Waals surface area contributed by atoms with Crippen molar-refractivity contribution in [3.05, 3.63) is 59.7 Å². The first kappa shape index (κ1) is 18.0. The molecule has 3 aromatic rings. The van der Waals surface area contributed by atoms with Gasteiger partial charge in [0.15, 0.2) is 11.0 Å². The Balaban J connectivity index is 1.79. The van der Waals surface area contributed by atoms with Gasteiger partial charge in [0.1, 0.15) is 5.78 Å². The Kier molecular flexibility index (Phi) is 5.12. The lowest BCUT2D eigenvalue weighted by molar-refractivity contribution is -0.119. The summed E-state index contributed by atoms with van der Waals surface area (Å²) < 4.78 is 2.08. The highest BCUT2D eigenvalue weighted by Crippen LogP contribution is 2.34. The Morgan fingerprint density at radius 1 is 1.00 bits per heavy atom. The van der Waals surface area contributed by atoms with Crippen LogP contribution in [0.5, 0.6) is 0 Å². The zero-order valence-electron chi connectivity index (χ0n) is 15.7. The Labute approximate surface area is 164 Å². The lowest BCUT2D eigenvalue weighted by Gasteiger charge is -2.20. The molecule has 0 saturated heterocycles. The number of aryl methyl sites for hydroxylation is 2. The van der Waals surface area contributed by atoms with Crippen molar-refractivity contribution >= 4 is 17.5 Å². The second kappa shape index (κ2) is 7.69. The topological polar surface area (TPSA) is 47.8 Å². The zero-order valence-corrected chi connectivity index (χ0v) is 16.5. The molecule has 1 atom stereocenters. The van der Waals surface area contributed by atoms with Gasteiger partial charge in [-0.25, -0.2) is 0 Å². The lowest BCUT2D eigenvalue weighted by atomic mass is 9.99. The van der Waals surface area contributed by atoms with Crippen LogP contribution in [0, 0.1) is 13.8 Å². The Hall–Kier alpha value is -2.40. The second-order valence-electron chi connectivity index (χ2n) is 7.17. The minimum Gasteiger partial charge on any atom is -0.298 e. The summed E-state index contributed by atoms with van der Waals surface area (Å²) >= 11 is 1.56. The number of Topliss-reactive ketones (excluding diaryl/α,β-unsaturated/α-hetero) is 1. The van der Waals surface area contributed by atoms with Crippen molar-refractivity contribution in [2.75, 3.05) is 0 Å². The zero-order chi connectivity index (χ0) is 18.8. The number of carbonyl (C=O) groups excluding carboxylic acids is 1. The van der Waals surface area contributed by atoms with Gasteiger partial charge in [0.25, 0.3) is 0 Å². The number of rotatable bonds is 4. The predicted molar refractivity (Wildman–Crippen MR) is 109 cm³/mol. The van der Waals surface area contributed by atoms with E-state index in [4.69, 9.17) is 0 Å². The van der Waals surface area contributed by atoms with Crippen molar-refractivity contribution in [2.24, 2.45) is 0 Å². The SMILES string of the molecule is Cc1ccc(-n2c(SC3CCCCC3=O)nnc2-c2cccc(C)c2)cc1. The Morgan fingerprint density at radius 2 is 1.81 bits per heavy atom. The van der Waals surface area contributed by atoms with Crippen molar-refractivity contribution in [1.29, 1.82) is 0 Å². The maximum atomic E-state index is 12.3. The fraction of sp³-hybridized carbons (Fsp3) is 0.318. The molecule has 27 heavy (non-hydrogen) atoms. The quantitative estimate of drug-likeness (QED) is 0.630. The molecule has 4 nitrogen and oxygen atoms in total. The predicted octanol–water partition coefficient (Wildman–Crippen LogP) is 5.15. The van der Waals surface area contributed by atoms with Gasteiger partial charge in [-0.15, -0.1) is 10.2 Å². The van der Waals surface area contributed by atoms with Gasteiger partial charge in [0, 0.05) is 17.7 Å². The molecule has 4 rings (SSSR count). The van der Waals surface area contributed by atoms with Crippen molar-refractivity contribution in [1.82, 2.24) is 14.8 Å². The van der Waals surface area contributed by atoms with E-state index in [0.29, 0.717) is 12.2 Å². The van der Waals surface area contributed by atoms with Crippen LogP contribution in [-0.2, 0) is 4.79 Å². The molecule has 0 radical (unpaired) electrons. The van der Waals surface area contributed by atoms with Crippen LogP contribution in [0.1, 0.15) is 36.8 Å². The van der Waals surface area contributed by atoms with Gasteiger partial charge in [-0.1, -0.05) is 59.6 Å². The standard InChI is InChI=1S/C22H23N3OS/c1-15-10-12-18(13-11-15)25-21(17-7-5-6-16(2)14-17)23-24-22(25)27-20-9-4-3-8-19(20)26/h5-7,10-14,20H,3-4,8-9H2,1-2H3. The molecule has 0 aliphatic heterocycles. The number of carbonyl (C=O) groups is 1. The van der Waals surface area contributed by atoms with E-state index < -0.39 is 0 Å². The summed E-state index contributed by atoms with van der Waals surface area (Å²) in [5.41, 5.74) is 4.45. The van der Waals surface area contributed by atoms with E-state index in [1.807, 2.05) is 6.07 Å². The summed E-state index contributed by atoms with van der Waals surface area (Å²) in [5.74, 6) is 1.15. The van der Waals surface area contributed by atoms with E-state index in [9.17, 15) is 4.79 Å². The first-order chi connectivity index (χ1) is 13.1. The number of ketones is 1. The fourth-order valence-corrected chi connectivity index (χ4v) is 4.62. The molecule has 0 N–H and O–H groups in total. The van der Waals surface area contributed by atoms with E-state index in [-0.39, 0.29) is 5.25 Å². The summed E-state index contributed by atoms with van der Waals surface area (Å²) in [6.07, 6.45) is 3.72. The molecule has 1 aliphatic carbocycles. The van der Waals surface area contributed by atoms with Gasteiger partial charge in [-0.2, -0.15) is 0 Å². The maximum absolute atomic E-state index is 12.3. The molecular formula is C22H23N3OS. The van der Waals surface area contributed by atoms with Crippen molar-refractivity contribution < 1.29 is 4.79 Å². The van der Waals surface area contributed by atoms with Gasteiger partial charge in [0.2, 0.25) is 0 Å². The number of aromatic nitrogens is 3. The van der Waals surface area contributed by atoms with Crippen LogP contribution in [0.2, 0.25) is 0 Å². The normalized spacial score (nSPS) is 17.3. The minimum absolute atomic E-state index is 0.0162. The molecule has 1 heterocycles. The highest BCUT2D eigenvalue weighted by atomic mass is 32.2. The van der Waals surface area contributed by atoms with Crippen LogP contribution in [0.25, 0.3) is 17.1 Å². The highest BCUT2D eigenvalue weighted by Gasteiger charge is 2.27. The third-order valence-corrected chi connectivity index (χ3v) is 6.21. The second-order valence-corrected chi connectivity index (χ2v) is 8.34. The van der Waals surface area contributed by atoms with E-state index in [1.165, 1.54) is 11.1 Å². The van der Waals surface area contributed by atoms with E-state index in [2.05, 4.69) is 71.1 Å². The Bertz CT molecular complexity index is 962. The summed E-state index contributed by atoms with van der Waals surface area (Å²) in [6, 6.07) is 16.7. The average molecular weight is 378 g/mol.